The predicted octanol–water partition coefficient (Wildman–Crippen LogP) is 11.3. The van der Waals surface area contributed by atoms with E-state index in [1.54, 1.807) is 0 Å². The monoisotopic (exact) mass is 538 g/mol. The summed E-state index contributed by atoms with van der Waals surface area (Å²) in [6.07, 6.45) is 0. The summed E-state index contributed by atoms with van der Waals surface area (Å²) in [7, 11) is 0. The summed E-state index contributed by atoms with van der Waals surface area (Å²) in [4.78, 5) is 0. The number of benzene rings is 6. The lowest BCUT2D eigenvalue weighted by Gasteiger charge is -2.22. The number of rotatable bonds is 3. The molecule has 6 aromatic rings. The Morgan fingerprint density at radius 3 is 1.19 bits per heavy atom. The van der Waals surface area contributed by atoms with Crippen molar-refractivity contribution >= 4 is 0 Å². The minimum Gasteiger partial charge on any atom is -0.0619 e. The van der Waals surface area contributed by atoms with E-state index in [0.717, 1.165) is 0 Å². The third kappa shape index (κ3) is 3.42. The van der Waals surface area contributed by atoms with E-state index >= 15 is 0 Å². The maximum absolute atomic E-state index is 2.35. The highest BCUT2D eigenvalue weighted by Crippen LogP contribution is 2.54. The van der Waals surface area contributed by atoms with Crippen LogP contribution in [-0.2, 0) is 10.8 Å². The van der Waals surface area contributed by atoms with Crippen LogP contribution in [0.4, 0.5) is 0 Å². The highest BCUT2D eigenvalue weighted by atomic mass is 14.4. The van der Waals surface area contributed by atoms with E-state index in [1.807, 2.05) is 0 Å². The quantitative estimate of drug-likeness (QED) is 0.210. The van der Waals surface area contributed by atoms with Crippen LogP contribution in [0.25, 0.3) is 55.6 Å². The molecule has 0 amide bonds. The molecular weight excluding hydrogens is 504 g/mol. The number of hydrogen-bond acceptors (Lipinski definition) is 0. The van der Waals surface area contributed by atoms with E-state index in [1.165, 1.54) is 77.9 Å². The molecule has 6 aromatic carbocycles. The topological polar surface area (TPSA) is 0 Å². The van der Waals surface area contributed by atoms with Crippen LogP contribution in [0, 0.1) is 0 Å². The Morgan fingerprint density at radius 2 is 0.643 bits per heavy atom. The van der Waals surface area contributed by atoms with E-state index in [-0.39, 0.29) is 10.8 Å². The fourth-order valence-corrected chi connectivity index (χ4v) is 7.77. The lowest BCUT2D eigenvalue weighted by atomic mass is 9.81. The summed E-state index contributed by atoms with van der Waals surface area (Å²) < 4.78 is 0. The minimum absolute atomic E-state index is 0.00391. The Kier molecular flexibility index (Phi) is 5.32. The van der Waals surface area contributed by atoms with Crippen LogP contribution in [0.5, 0.6) is 0 Å². The molecule has 0 bridgehead atoms. The highest BCUT2D eigenvalue weighted by Gasteiger charge is 2.37. The summed E-state index contributed by atoms with van der Waals surface area (Å²) >= 11 is 0. The first-order valence-corrected chi connectivity index (χ1v) is 15.0. The van der Waals surface area contributed by atoms with E-state index in [0.29, 0.717) is 0 Å². The van der Waals surface area contributed by atoms with Gasteiger partial charge in [-0.05, 0) is 77.9 Å². The summed E-state index contributed by atoms with van der Waals surface area (Å²) in [5, 5.41) is 0. The molecule has 0 radical (unpaired) electrons. The molecule has 0 nitrogen and oxygen atoms in total. The molecule has 0 atom stereocenters. The second-order valence-corrected chi connectivity index (χ2v) is 12.9. The largest absolute Gasteiger partial charge is 0.0619 e. The maximum Gasteiger partial charge on any atom is 0.0159 e. The average molecular weight is 539 g/mol. The van der Waals surface area contributed by atoms with Gasteiger partial charge in [0.15, 0.2) is 0 Å². The summed E-state index contributed by atoms with van der Waals surface area (Å²) in [5.74, 6) is 0. The second kappa shape index (κ2) is 8.91. The molecule has 42 heavy (non-hydrogen) atoms. The van der Waals surface area contributed by atoms with Crippen molar-refractivity contribution in [1.29, 1.82) is 0 Å². The zero-order valence-corrected chi connectivity index (χ0v) is 24.7. The van der Waals surface area contributed by atoms with Crippen molar-refractivity contribution in [3.05, 3.63) is 156 Å². The van der Waals surface area contributed by atoms with Crippen LogP contribution in [0.2, 0.25) is 0 Å². The van der Waals surface area contributed by atoms with Crippen LogP contribution < -0.4 is 0 Å². The van der Waals surface area contributed by atoms with Crippen LogP contribution in [0.1, 0.15) is 49.9 Å². The van der Waals surface area contributed by atoms with Gasteiger partial charge in [-0.25, -0.2) is 0 Å². The van der Waals surface area contributed by atoms with Crippen molar-refractivity contribution in [2.45, 2.75) is 38.5 Å². The fourth-order valence-electron chi connectivity index (χ4n) is 7.77. The molecule has 0 saturated carbocycles. The molecule has 0 fully saturated rings. The Labute approximate surface area is 249 Å². The van der Waals surface area contributed by atoms with E-state index in [2.05, 4.69) is 161 Å². The standard InChI is InChI=1S/C42H34/c1-41(2)35-19-9-7-15-33(35)39-30(17-11-21-37(39)41)28-25-23-27(24-26-28)29-13-5-6-14-31(29)32-18-12-22-38-40(32)34-16-8-10-20-36(34)42(38,3)4/h5-26H,1-4H3. The van der Waals surface area contributed by atoms with Gasteiger partial charge in [-0.2, -0.15) is 0 Å². The molecule has 0 spiro atoms. The van der Waals surface area contributed by atoms with Gasteiger partial charge in [0.05, 0.1) is 0 Å². The van der Waals surface area contributed by atoms with Gasteiger partial charge in [-0.3, -0.25) is 0 Å². The molecule has 202 valence electrons. The molecule has 0 unspecified atom stereocenters. The van der Waals surface area contributed by atoms with E-state index in [9.17, 15) is 0 Å². The smallest absolute Gasteiger partial charge is 0.0159 e. The lowest BCUT2D eigenvalue weighted by Crippen LogP contribution is -2.14. The molecule has 0 aliphatic heterocycles. The third-order valence-corrected chi connectivity index (χ3v) is 9.94. The van der Waals surface area contributed by atoms with Gasteiger partial charge < -0.3 is 0 Å². The van der Waals surface area contributed by atoms with Crippen molar-refractivity contribution in [2.24, 2.45) is 0 Å². The Bertz CT molecular complexity index is 2020. The van der Waals surface area contributed by atoms with Gasteiger partial charge in [0, 0.05) is 10.8 Å². The zero-order valence-electron chi connectivity index (χ0n) is 24.7. The van der Waals surface area contributed by atoms with Gasteiger partial charge >= 0.3 is 0 Å². The predicted molar refractivity (Wildman–Crippen MR) is 178 cm³/mol. The molecule has 2 aliphatic rings. The normalized spacial score (nSPS) is 15.0. The van der Waals surface area contributed by atoms with Gasteiger partial charge in [0.2, 0.25) is 0 Å². The molecule has 0 N–H and O–H groups in total. The van der Waals surface area contributed by atoms with Gasteiger partial charge in [-0.15, -0.1) is 0 Å². The molecule has 2 aliphatic carbocycles. The lowest BCUT2D eigenvalue weighted by molar-refractivity contribution is 0.660. The van der Waals surface area contributed by atoms with Crippen LogP contribution in [-0.4, -0.2) is 0 Å². The molecular formula is C42H34. The first kappa shape index (κ1) is 25.1. The van der Waals surface area contributed by atoms with Crippen LogP contribution >= 0.6 is 0 Å². The molecule has 0 saturated heterocycles. The summed E-state index contributed by atoms with van der Waals surface area (Å²) in [6, 6.07) is 49.6. The molecule has 0 heterocycles. The maximum atomic E-state index is 2.35. The van der Waals surface area contributed by atoms with Crippen LogP contribution in [0.3, 0.4) is 0 Å². The molecule has 0 heteroatoms. The Balaban J connectivity index is 1.25. The second-order valence-electron chi connectivity index (χ2n) is 12.9. The van der Waals surface area contributed by atoms with Crippen molar-refractivity contribution in [3.63, 3.8) is 0 Å². The fraction of sp³-hybridized carbons (Fsp3) is 0.143. The van der Waals surface area contributed by atoms with Crippen molar-refractivity contribution < 1.29 is 0 Å². The van der Waals surface area contributed by atoms with Gasteiger partial charge in [0.25, 0.3) is 0 Å². The van der Waals surface area contributed by atoms with Crippen molar-refractivity contribution in [2.75, 3.05) is 0 Å². The zero-order chi connectivity index (χ0) is 28.6. The summed E-state index contributed by atoms with van der Waals surface area (Å²) in [6.45, 7) is 9.40. The Hall–Kier alpha value is -4.68. The number of hydrogen-bond donors (Lipinski definition) is 0. The SMILES string of the molecule is CC1(C)c2ccccc2-c2c(-c3ccc(-c4ccccc4-c4cccc5c4-c4ccccc4C5(C)C)cc3)cccc21. The molecule has 8 rings (SSSR count). The first-order valence-electron chi connectivity index (χ1n) is 15.0. The molecule has 0 aromatic heterocycles. The van der Waals surface area contributed by atoms with E-state index < -0.39 is 0 Å². The summed E-state index contributed by atoms with van der Waals surface area (Å²) in [5.41, 5.74) is 18.8. The van der Waals surface area contributed by atoms with Crippen molar-refractivity contribution in [1.82, 2.24) is 0 Å². The first-order chi connectivity index (χ1) is 20.4. The number of fused-ring (bicyclic) bond motifs is 6. The minimum atomic E-state index is -0.0122. The van der Waals surface area contributed by atoms with Gasteiger partial charge in [0.1, 0.15) is 0 Å². The van der Waals surface area contributed by atoms with Crippen molar-refractivity contribution in [3.8, 4) is 55.6 Å². The Morgan fingerprint density at radius 1 is 0.286 bits per heavy atom. The third-order valence-electron chi connectivity index (χ3n) is 9.94. The highest BCUT2D eigenvalue weighted by molar-refractivity contribution is 5.97. The van der Waals surface area contributed by atoms with E-state index in [4.69, 9.17) is 0 Å². The average Bonchev–Trinajstić information content (AvgIpc) is 3.41. The van der Waals surface area contributed by atoms with Gasteiger partial charge in [-0.1, -0.05) is 161 Å². The van der Waals surface area contributed by atoms with Crippen LogP contribution in [0.15, 0.2) is 133 Å².